The molecular formula is C20H38O3Si. The second-order valence-electron chi connectivity index (χ2n) is 8.93. The molecule has 3 nitrogen and oxygen atoms in total. The van der Waals surface area contributed by atoms with E-state index in [0.717, 1.165) is 32.3 Å². The first kappa shape index (κ1) is 21.4. The topological polar surface area (TPSA) is 35.5 Å². The zero-order valence-electron chi connectivity index (χ0n) is 17.1. The first-order chi connectivity index (χ1) is 11.0. The van der Waals surface area contributed by atoms with E-state index in [9.17, 15) is 4.79 Å². The van der Waals surface area contributed by atoms with Crippen LogP contribution in [0.5, 0.6) is 0 Å². The predicted molar refractivity (Wildman–Crippen MR) is 104 cm³/mol. The van der Waals surface area contributed by atoms with E-state index in [0.29, 0.717) is 6.61 Å². The molecule has 1 aliphatic rings. The van der Waals surface area contributed by atoms with E-state index >= 15 is 0 Å². The molecule has 0 bridgehead atoms. The molecule has 0 aromatic heterocycles. The fourth-order valence-corrected chi connectivity index (χ4v) is 4.13. The molecule has 0 aliphatic heterocycles. The summed E-state index contributed by atoms with van der Waals surface area (Å²) >= 11 is 0. The largest absolute Gasteiger partial charge is 0.466 e. The fourth-order valence-electron chi connectivity index (χ4n) is 3.07. The van der Waals surface area contributed by atoms with Gasteiger partial charge in [-0.05, 0) is 63.6 Å². The van der Waals surface area contributed by atoms with Gasteiger partial charge in [0.2, 0.25) is 0 Å². The van der Waals surface area contributed by atoms with E-state index in [1.165, 1.54) is 5.57 Å². The Bertz CT molecular complexity index is 462. The highest BCUT2D eigenvalue weighted by atomic mass is 28.4. The molecular weight excluding hydrogens is 316 g/mol. The van der Waals surface area contributed by atoms with Gasteiger partial charge in [0.05, 0.1) is 12.0 Å². The van der Waals surface area contributed by atoms with Crippen molar-refractivity contribution in [1.29, 1.82) is 0 Å². The van der Waals surface area contributed by atoms with Crippen LogP contribution in [-0.2, 0) is 14.0 Å². The summed E-state index contributed by atoms with van der Waals surface area (Å²) < 4.78 is 11.8. The Kier molecular flexibility index (Phi) is 7.30. The molecule has 1 aliphatic carbocycles. The lowest BCUT2D eigenvalue weighted by molar-refractivity contribution is -0.160. The van der Waals surface area contributed by atoms with Crippen molar-refractivity contribution in [1.82, 2.24) is 0 Å². The van der Waals surface area contributed by atoms with Crippen LogP contribution in [0.25, 0.3) is 0 Å². The van der Waals surface area contributed by atoms with Gasteiger partial charge in [0.25, 0.3) is 0 Å². The van der Waals surface area contributed by atoms with Crippen LogP contribution in [0.4, 0.5) is 0 Å². The van der Waals surface area contributed by atoms with Crippen molar-refractivity contribution in [3.8, 4) is 0 Å². The van der Waals surface area contributed by atoms with Gasteiger partial charge in [-0.25, -0.2) is 0 Å². The van der Waals surface area contributed by atoms with E-state index in [4.69, 9.17) is 9.16 Å². The van der Waals surface area contributed by atoms with Gasteiger partial charge < -0.3 is 9.16 Å². The number of esters is 1. The van der Waals surface area contributed by atoms with Crippen LogP contribution in [0.3, 0.4) is 0 Å². The van der Waals surface area contributed by atoms with Crippen molar-refractivity contribution in [2.45, 2.75) is 85.4 Å². The average Bonchev–Trinajstić information content (AvgIpc) is 2.47. The van der Waals surface area contributed by atoms with Crippen molar-refractivity contribution in [3.05, 3.63) is 11.6 Å². The number of ether oxygens (including phenoxy) is 1. The smallest absolute Gasteiger partial charge is 0.312 e. The number of carbonyl (C=O) groups excluding carboxylic acids is 1. The number of rotatable bonds is 7. The van der Waals surface area contributed by atoms with Gasteiger partial charge in [0.15, 0.2) is 8.32 Å². The first-order valence-electron chi connectivity index (χ1n) is 9.43. The second-order valence-corrected chi connectivity index (χ2v) is 13.7. The Hall–Kier alpha value is -0.613. The first-order valence-corrected chi connectivity index (χ1v) is 12.3. The number of hydrogen-bond acceptors (Lipinski definition) is 3. The lowest BCUT2D eigenvalue weighted by atomic mass is 9.66. The summed E-state index contributed by atoms with van der Waals surface area (Å²) in [5.41, 5.74) is 1.02. The summed E-state index contributed by atoms with van der Waals surface area (Å²) in [5, 5.41) is 0.222. The summed E-state index contributed by atoms with van der Waals surface area (Å²) in [6.07, 6.45) is 5.84. The van der Waals surface area contributed by atoms with Crippen LogP contribution < -0.4 is 0 Å². The highest BCUT2D eigenvalue weighted by molar-refractivity contribution is 6.74. The molecule has 0 spiro atoms. The summed E-state index contributed by atoms with van der Waals surface area (Å²) in [6.45, 7) is 18.8. The molecule has 1 rings (SSSR count). The minimum atomic E-state index is -1.73. The molecule has 0 radical (unpaired) electrons. The molecule has 2 atom stereocenters. The van der Waals surface area contributed by atoms with Crippen molar-refractivity contribution >= 4 is 14.3 Å². The van der Waals surface area contributed by atoms with Crippen molar-refractivity contribution < 1.29 is 14.0 Å². The summed E-state index contributed by atoms with van der Waals surface area (Å²) in [4.78, 5) is 12.7. The van der Waals surface area contributed by atoms with E-state index in [1.807, 2.05) is 6.92 Å². The van der Waals surface area contributed by atoms with Gasteiger partial charge in [-0.1, -0.05) is 39.3 Å². The van der Waals surface area contributed by atoms with Crippen molar-refractivity contribution in [2.24, 2.45) is 11.3 Å². The van der Waals surface area contributed by atoms with Gasteiger partial charge in [0, 0.05) is 6.61 Å². The third-order valence-corrected chi connectivity index (χ3v) is 10.8. The van der Waals surface area contributed by atoms with Gasteiger partial charge in [0.1, 0.15) is 0 Å². The monoisotopic (exact) mass is 354 g/mol. The van der Waals surface area contributed by atoms with Crippen LogP contribution in [-0.4, -0.2) is 27.5 Å². The Morgan fingerprint density at radius 1 is 1.38 bits per heavy atom. The Morgan fingerprint density at radius 2 is 2.00 bits per heavy atom. The maximum Gasteiger partial charge on any atom is 0.312 e. The molecule has 24 heavy (non-hydrogen) atoms. The van der Waals surface area contributed by atoms with Crippen LogP contribution >= 0.6 is 0 Å². The molecule has 4 heteroatoms. The Morgan fingerprint density at radius 3 is 2.46 bits per heavy atom. The zero-order valence-corrected chi connectivity index (χ0v) is 18.1. The van der Waals surface area contributed by atoms with Crippen molar-refractivity contribution in [3.63, 3.8) is 0 Å². The molecule has 0 aromatic carbocycles. The predicted octanol–water partition coefficient (Wildman–Crippen LogP) is 5.71. The highest BCUT2D eigenvalue weighted by Crippen LogP contribution is 2.45. The molecule has 0 saturated carbocycles. The lowest BCUT2D eigenvalue weighted by Crippen LogP contribution is -2.43. The summed E-state index contributed by atoms with van der Waals surface area (Å²) in [5.74, 6) is 0.249. The van der Waals surface area contributed by atoms with Crippen LogP contribution in [0.2, 0.25) is 18.1 Å². The maximum atomic E-state index is 12.7. The van der Waals surface area contributed by atoms with Crippen LogP contribution in [0.1, 0.15) is 67.2 Å². The standard InChI is InChI=1S/C20H38O3Si/c1-9-22-18(21)20(13-10-16(2)11-14-20)17(3)12-15-23-24(7,8)19(4,5)6/h10,17H,9,11-15H2,1-8H3. The fraction of sp³-hybridized carbons (Fsp3) is 0.850. The minimum absolute atomic E-state index is 0.0198. The number of allylic oxidation sites excluding steroid dienone is 2. The molecule has 0 aromatic rings. The maximum absolute atomic E-state index is 12.7. The minimum Gasteiger partial charge on any atom is -0.466 e. The molecule has 0 amide bonds. The summed E-state index contributed by atoms with van der Waals surface area (Å²) in [7, 11) is -1.73. The van der Waals surface area contributed by atoms with Crippen LogP contribution in [0.15, 0.2) is 11.6 Å². The Balaban J connectivity index is 2.76. The summed E-state index contributed by atoms with van der Waals surface area (Å²) in [6, 6.07) is 0. The van der Waals surface area contributed by atoms with Gasteiger partial charge in [-0.3, -0.25) is 4.79 Å². The van der Waals surface area contributed by atoms with E-state index in [1.54, 1.807) is 0 Å². The molecule has 0 saturated heterocycles. The second kappa shape index (κ2) is 8.18. The Labute approximate surface area is 150 Å². The molecule has 0 N–H and O–H groups in total. The van der Waals surface area contributed by atoms with E-state index < -0.39 is 8.32 Å². The third-order valence-electron chi connectivity index (χ3n) is 6.23. The number of carbonyl (C=O) groups is 1. The molecule has 2 unspecified atom stereocenters. The normalized spacial score (nSPS) is 23.6. The SMILES string of the molecule is CCOC(=O)C1(C(C)CCO[Si](C)(C)C(C)(C)C)CC=C(C)CC1. The van der Waals surface area contributed by atoms with Gasteiger partial charge >= 0.3 is 5.97 Å². The lowest BCUT2D eigenvalue weighted by Gasteiger charge is -2.40. The average molecular weight is 355 g/mol. The van der Waals surface area contributed by atoms with E-state index in [-0.39, 0.29) is 22.3 Å². The third kappa shape index (κ3) is 4.95. The van der Waals surface area contributed by atoms with Gasteiger partial charge in [-0.15, -0.1) is 0 Å². The highest BCUT2D eigenvalue weighted by Gasteiger charge is 2.45. The molecule has 0 fully saturated rings. The molecule has 0 heterocycles. The molecule has 140 valence electrons. The van der Waals surface area contributed by atoms with E-state index in [2.05, 4.69) is 53.8 Å². The van der Waals surface area contributed by atoms with Gasteiger partial charge in [-0.2, -0.15) is 0 Å². The number of hydrogen-bond donors (Lipinski definition) is 0. The van der Waals surface area contributed by atoms with Crippen molar-refractivity contribution in [2.75, 3.05) is 13.2 Å². The zero-order chi connectivity index (χ0) is 18.6. The quantitative estimate of drug-likeness (QED) is 0.333. The van der Waals surface area contributed by atoms with Crippen LogP contribution in [0, 0.1) is 11.3 Å².